The molecule has 1 aromatic rings. The Hall–Kier alpha value is -1.42. The van der Waals surface area contributed by atoms with E-state index in [4.69, 9.17) is 26.2 Å². The van der Waals surface area contributed by atoms with Crippen molar-refractivity contribution in [2.75, 3.05) is 13.7 Å². The zero-order valence-corrected chi connectivity index (χ0v) is 9.87. The van der Waals surface area contributed by atoms with Crippen LogP contribution in [0.3, 0.4) is 0 Å². The Kier molecular flexibility index (Phi) is 4.43. The second-order valence-corrected chi connectivity index (χ2v) is 3.54. The van der Waals surface area contributed by atoms with Crippen LogP contribution < -0.4 is 9.47 Å². The van der Waals surface area contributed by atoms with Crippen LogP contribution in [-0.4, -0.2) is 24.8 Å². The van der Waals surface area contributed by atoms with E-state index >= 15 is 0 Å². The molecule has 0 aliphatic heterocycles. The first-order chi connectivity index (χ1) is 7.60. The molecule has 0 radical (unpaired) electrons. The minimum absolute atomic E-state index is 0.00219. The zero-order chi connectivity index (χ0) is 12.1. The minimum atomic E-state index is -1.09. The second-order valence-electron chi connectivity index (χ2n) is 3.14. The number of hydrogen-bond donors (Lipinski definition) is 1. The van der Waals surface area contributed by atoms with E-state index in [-0.39, 0.29) is 10.6 Å². The second kappa shape index (κ2) is 5.61. The van der Waals surface area contributed by atoms with Crippen molar-refractivity contribution < 1.29 is 19.4 Å². The van der Waals surface area contributed by atoms with Crippen molar-refractivity contribution in [3.63, 3.8) is 0 Å². The van der Waals surface area contributed by atoms with Gasteiger partial charge in [0.2, 0.25) is 0 Å². The van der Waals surface area contributed by atoms with Crippen LogP contribution in [0.25, 0.3) is 0 Å². The summed E-state index contributed by atoms with van der Waals surface area (Å²) in [6.45, 7) is 2.50. The SMILES string of the molecule is CCCOc1cc(Cl)c(C(=O)O)cc1OC. The standard InChI is InChI=1S/C11H13ClO4/c1-3-4-16-10-6-8(12)7(11(13)14)5-9(10)15-2/h5-6H,3-4H2,1-2H3,(H,13,14). The topological polar surface area (TPSA) is 55.8 Å². The number of carboxylic acids is 1. The van der Waals surface area contributed by atoms with Gasteiger partial charge in [0.05, 0.1) is 24.3 Å². The lowest BCUT2D eigenvalue weighted by Gasteiger charge is -2.11. The van der Waals surface area contributed by atoms with Crippen LogP contribution in [0.15, 0.2) is 12.1 Å². The van der Waals surface area contributed by atoms with Gasteiger partial charge in [0.25, 0.3) is 0 Å². The fourth-order valence-corrected chi connectivity index (χ4v) is 1.42. The average Bonchev–Trinajstić information content (AvgIpc) is 2.25. The van der Waals surface area contributed by atoms with E-state index in [9.17, 15) is 4.79 Å². The molecule has 4 nitrogen and oxygen atoms in total. The van der Waals surface area contributed by atoms with Crippen molar-refractivity contribution in [3.05, 3.63) is 22.7 Å². The monoisotopic (exact) mass is 244 g/mol. The maximum atomic E-state index is 10.8. The Balaban J connectivity index is 3.10. The molecule has 5 heteroatoms. The van der Waals surface area contributed by atoms with E-state index in [1.165, 1.54) is 19.2 Å². The molecule has 0 heterocycles. The Morgan fingerprint density at radius 1 is 1.44 bits per heavy atom. The summed E-state index contributed by atoms with van der Waals surface area (Å²) in [7, 11) is 1.45. The molecule has 16 heavy (non-hydrogen) atoms. The van der Waals surface area contributed by atoms with Gasteiger partial charge in [0, 0.05) is 6.07 Å². The van der Waals surface area contributed by atoms with Crippen molar-refractivity contribution in [2.24, 2.45) is 0 Å². The summed E-state index contributed by atoms with van der Waals surface area (Å²) in [6, 6.07) is 2.81. The number of aromatic carboxylic acids is 1. The highest BCUT2D eigenvalue weighted by atomic mass is 35.5. The lowest BCUT2D eigenvalue weighted by atomic mass is 10.2. The highest BCUT2D eigenvalue weighted by Gasteiger charge is 2.14. The third-order valence-corrected chi connectivity index (χ3v) is 2.26. The number of carbonyl (C=O) groups is 1. The Morgan fingerprint density at radius 3 is 2.62 bits per heavy atom. The molecule has 0 saturated heterocycles. The summed E-state index contributed by atoms with van der Waals surface area (Å²) in [6.07, 6.45) is 0.849. The van der Waals surface area contributed by atoms with Crippen LogP contribution in [0.4, 0.5) is 0 Å². The number of methoxy groups -OCH3 is 1. The summed E-state index contributed by atoms with van der Waals surface area (Å²) in [5, 5.41) is 9.01. The highest BCUT2D eigenvalue weighted by molar-refractivity contribution is 6.33. The van der Waals surface area contributed by atoms with Gasteiger partial charge in [-0.15, -0.1) is 0 Å². The number of hydrogen-bond acceptors (Lipinski definition) is 3. The van der Waals surface area contributed by atoms with E-state index in [1.807, 2.05) is 6.92 Å². The van der Waals surface area contributed by atoms with Crippen molar-refractivity contribution in [1.29, 1.82) is 0 Å². The summed E-state index contributed by atoms with van der Waals surface area (Å²) < 4.78 is 10.4. The van der Waals surface area contributed by atoms with Gasteiger partial charge in [-0.25, -0.2) is 4.79 Å². The number of benzene rings is 1. The van der Waals surface area contributed by atoms with Gasteiger partial charge >= 0.3 is 5.97 Å². The van der Waals surface area contributed by atoms with E-state index in [0.29, 0.717) is 18.1 Å². The normalized spacial score (nSPS) is 9.94. The average molecular weight is 245 g/mol. The van der Waals surface area contributed by atoms with Gasteiger partial charge in [-0.05, 0) is 12.5 Å². The molecule has 0 saturated carbocycles. The van der Waals surface area contributed by atoms with Crippen molar-refractivity contribution in [1.82, 2.24) is 0 Å². The lowest BCUT2D eigenvalue weighted by molar-refractivity contribution is 0.0696. The van der Waals surface area contributed by atoms with Crippen LogP contribution in [-0.2, 0) is 0 Å². The van der Waals surface area contributed by atoms with Crippen LogP contribution in [0.2, 0.25) is 5.02 Å². The number of rotatable bonds is 5. The van der Waals surface area contributed by atoms with Crippen LogP contribution in [0.5, 0.6) is 11.5 Å². The Labute approximate surface area is 98.7 Å². The van der Waals surface area contributed by atoms with E-state index < -0.39 is 5.97 Å². The van der Waals surface area contributed by atoms with Crippen LogP contribution >= 0.6 is 11.6 Å². The van der Waals surface area contributed by atoms with Gasteiger partial charge < -0.3 is 14.6 Å². The number of halogens is 1. The molecule has 0 atom stereocenters. The number of carboxylic acid groups (broad SMARTS) is 1. The quantitative estimate of drug-likeness (QED) is 0.865. The molecule has 0 amide bonds. The predicted octanol–water partition coefficient (Wildman–Crippen LogP) is 2.84. The summed E-state index contributed by atoms with van der Waals surface area (Å²) in [5.41, 5.74) is 0.00219. The van der Waals surface area contributed by atoms with Gasteiger partial charge in [0.15, 0.2) is 11.5 Å². The Morgan fingerprint density at radius 2 is 2.12 bits per heavy atom. The molecule has 1 N–H and O–H groups in total. The largest absolute Gasteiger partial charge is 0.493 e. The Bertz CT molecular complexity index is 390. The molecular formula is C11H13ClO4. The van der Waals surface area contributed by atoms with Crippen molar-refractivity contribution >= 4 is 17.6 Å². The number of ether oxygens (including phenoxy) is 2. The van der Waals surface area contributed by atoms with Crippen molar-refractivity contribution in [3.8, 4) is 11.5 Å². The third kappa shape index (κ3) is 2.79. The van der Waals surface area contributed by atoms with E-state index in [1.54, 1.807) is 0 Å². The van der Waals surface area contributed by atoms with Crippen LogP contribution in [0.1, 0.15) is 23.7 Å². The molecule has 0 aliphatic rings. The van der Waals surface area contributed by atoms with E-state index in [2.05, 4.69) is 0 Å². The first-order valence-electron chi connectivity index (χ1n) is 4.83. The van der Waals surface area contributed by atoms with Crippen molar-refractivity contribution in [2.45, 2.75) is 13.3 Å². The molecular weight excluding hydrogens is 232 g/mol. The highest BCUT2D eigenvalue weighted by Crippen LogP contribution is 2.33. The maximum Gasteiger partial charge on any atom is 0.337 e. The third-order valence-electron chi connectivity index (χ3n) is 1.95. The molecule has 1 rings (SSSR count). The molecule has 0 aromatic heterocycles. The first kappa shape index (κ1) is 12.6. The van der Waals surface area contributed by atoms with Crippen LogP contribution in [0, 0.1) is 0 Å². The fourth-order valence-electron chi connectivity index (χ4n) is 1.18. The van der Waals surface area contributed by atoms with Gasteiger partial charge in [0.1, 0.15) is 0 Å². The molecule has 0 fully saturated rings. The predicted molar refractivity (Wildman–Crippen MR) is 60.7 cm³/mol. The lowest BCUT2D eigenvalue weighted by Crippen LogP contribution is -2.02. The minimum Gasteiger partial charge on any atom is -0.493 e. The molecule has 0 bridgehead atoms. The first-order valence-corrected chi connectivity index (χ1v) is 5.21. The summed E-state index contributed by atoms with van der Waals surface area (Å²) >= 11 is 5.82. The van der Waals surface area contributed by atoms with Gasteiger partial charge in [-0.2, -0.15) is 0 Å². The molecule has 0 spiro atoms. The molecule has 88 valence electrons. The zero-order valence-electron chi connectivity index (χ0n) is 9.12. The molecule has 0 aliphatic carbocycles. The summed E-state index contributed by atoms with van der Waals surface area (Å²) in [5.74, 6) is -0.264. The fraction of sp³-hybridized carbons (Fsp3) is 0.364. The summed E-state index contributed by atoms with van der Waals surface area (Å²) in [4.78, 5) is 10.8. The van der Waals surface area contributed by atoms with Gasteiger partial charge in [-0.3, -0.25) is 0 Å². The van der Waals surface area contributed by atoms with Gasteiger partial charge in [-0.1, -0.05) is 18.5 Å². The maximum absolute atomic E-state index is 10.8. The smallest absolute Gasteiger partial charge is 0.337 e. The molecule has 1 aromatic carbocycles. The van der Waals surface area contributed by atoms with E-state index in [0.717, 1.165) is 6.42 Å². The molecule has 0 unspecified atom stereocenters.